The fourth-order valence-electron chi connectivity index (χ4n) is 2.58. The lowest BCUT2D eigenvalue weighted by atomic mass is 10.2. The van der Waals surface area contributed by atoms with Gasteiger partial charge in [0.15, 0.2) is 11.0 Å². The van der Waals surface area contributed by atoms with Gasteiger partial charge < -0.3 is 20.3 Å². The van der Waals surface area contributed by atoms with Crippen molar-refractivity contribution in [2.24, 2.45) is 7.05 Å². The number of hydrogen-bond donors (Lipinski definition) is 3. The molecule has 1 aromatic heterocycles. The number of hydrogen-bond acceptors (Lipinski definition) is 6. The Morgan fingerprint density at radius 1 is 1.13 bits per heavy atom. The number of carboxylic acid groups (broad SMARTS) is 1. The summed E-state index contributed by atoms with van der Waals surface area (Å²) < 4.78 is 15.3. The van der Waals surface area contributed by atoms with Crippen molar-refractivity contribution in [2.75, 3.05) is 11.1 Å². The fourth-order valence-corrected chi connectivity index (χ4v) is 3.31. The number of carbonyl (C=O) groups is 3. The van der Waals surface area contributed by atoms with Crippen LogP contribution >= 0.6 is 11.8 Å². The first-order chi connectivity index (χ1) is 14.8. The highest BCUT2D eigenvalue weighted by Crippen LogP contribution is 2.17. The fraction of sp³-hybridized carbons (Fsp3) is 0.150. The van der Waals surface area contributed by atoms with Crippen LogP contribution in [-0.4, -0.2) is 43.4 Å². The zero-order chi connectivity index (χ0) is 22.4. The van der Waals surface area contributed by atoms with Crippen molar-refractivity contribution >= 4 is 35.2 Å². The maximum atomic E-state index is 13.7. The van der Waals surface area contributed by atoms with E-state index in [1.165, 1.54) is 36.4 Å². The Labute approximate surface area is 180 Å². The minimum absolute atomic E-state index is 0.0187. The number of nitrogens with one attached hydrogen (secondary N) is 2. The molecule has 160 valence electrons. The van der Waals surface area contributed by atoms with Gasteiger partial charge in [0.25, 0.3) is 5.91 Å². The highest BCUT2D eigenvalue weighted by molar-refractivity contribution is 7.99. The molecule has 0 spiro atoms. The van der Waals surface area contributed by atoms with E-state index in [0.717, 1.165) is 11.8 Å². The summed E-state index contributed by atoms with van der Waals surface area (Å²) in [5.41, 5.74) is 0.378. The van der Waals surface area contributed by atoms with E-state index in [1.807, 2.05) is 0 Å². The third-order valence-corrected chi connectivity index (χ3v) is 5.20. The number of halogens is 1. The maximum Gasteiger partial charge on any atom is 0.335 e. The van der Waals surface area contributed by atoms with Crippen molar-refractivity contribution in [1.29, 1.82) is 0 Å². The van der Waals surface area contributed by atoms with E-state index >= 15 is 0 Å². The molecule has 0 unspecified atom stereocenters. The number of nitrogens with zero attached hydrogens (tertiary/aromatic N) is 3. The smallest absolute Gasteiger partial charge is 0.335 e. The van der Waals surface area contributed by atoms with Crippen LogP contribution in [0.5, 0.6) is 0 Å². The Hall–Kier alpha value is -3.73. The monoisotopic (exact) mass is 443 g/mol. The van der Waals surface area contributed by atoms with Gasteiger partial charge in [0, 0.05) is 12.7 Å². The second kappa shape index (κ2) is 9.85. The second-order valence-corrected chi connectivity index (χ2v) is 7.29. The molecule has 0 aliphatic rings. The molecule has 0 saturated heterocycles. The molecule has 0 fully saturated rings. The lowest BCUT2D eigenvalue weighted by molar-refractivity contribution is -0.113. The molecular weight excluding hydrogens is 425 g/mol. The van der Waals surface area contributed by atoms with Gasteiger partial charge in [-0.05, 0) is 30.3 Å². The Balaban J connectivity index is 1.54. The van der Waals surface area contributed by atoms with E-state index in [2.05, 4.69) is 20.8 Å². The Bertz CT molecular complexity index is 1130. The molecular formula is C20H18FN5O4S. The third kappa shape index (κ3) is 5.66. The predicted octanol–water partition coefficient (Wildman–Crippen LogP) is 2.31. The van der Waals surface area contributed by atoms with Crippen LogP contribution in [0.4, 0.5) is 10.1 Å². The summed E-state index contributed by atoms with van der Waals surface area (Å²) in [6.45, 7) is 0.0331. The number of rotatable bonds is 8. The number of aromatic nitrogens is 3. The van der Waals surface area contributed by atoms with Gasteiger partial charge in [-0.1, -0.05) is 30.0 Å². The van der Waals surface area contributed by atoms with Gasteiger partial charge in [-0.15, -0.1) is 10.2 Å². The van der Waals surface area contributed by atoms with E-state index in [4.69, 9.17) is 5.11 Å². The van der Waals surface area contributed by atoms with E-state index in [-0.39, 0.29) is 29.3 Å². The number of carboxylic acids is 1. The van der Waals surface area contributed by atoms with E-state index < -0.39 is 17.7 Å². The molecule has 0 saturated carbocycles. The largest absolute Gasteiger partial charge is 0.478 e. The van der Waals surface area contributed by atoms with Gasteiger partial charge >= 0.3 is 5.97 Å². The van der Waals surface area contributed by atoms with E-state index in [1.54, 1.807) is 23.7 Å². The number of anilines is 1. The Morgan fingerprint density at radius 2 is 1.90 bits per heavy atom. The molecule has 0 bridgehead atoms. The zero-order valence-corrected chi connectivity index (χ0v) is 17.1. The van der Waals surface area contributed by atoms with Crippen LogP contribution < -0.4 is 10.6 Å². The molecule has 1 heterocycles. The molecule has 0 radical (unpaired) electrons. The average Bonchev–Trinajstić information content (AvgIpc) is 3.10. The van der Waals surface area contributed by atoms with Crippen LogP contribution in [0.1, 0.15) is 26.5 Å². The molecule has 2 aromatic carbocycles. The van der Waals surface area contributed by atoms with Gasteiger partial charge in [0.1, 0.15) is 5.82 Å². The molecule has 0 aliphatic carbocycles. The summed E-state index contributed by atoms with van der Waals surface area (Å²) in [6, 6.07) is 11.6. The summed E-state index contributed by atoms with van der Waals surface area (Å²) in [5, 5.41) is 22.6. The molecule has 9 nitrogen and oxygen atoms in total. The second-order valence-electron chi connectivity index (χ2n) is 6.34. The van der Waals surface area contributed by atoms with Crippen LogP contribution in [0.2, 0.25) is 0 Å². The molecule has 0 atom stereocenters. The minimum Gasteiger partial charge on any atom is -0.478 e. The van der Waals surface area contributed by atoms with E-state index in [0.29, 0.717) is 16.7 Å². The van der Waals surface area contributed by atoms with Crippen molar-refractivity contribution in [1.82, 2.24) is 20.1 Å². The highest BCUT2D eigenvalue weighted by atomic mass is 32.2. The van der Waals surface area contributed by atoms with Gasteiger partial charge in [0.05, 0.1) is 23.4 Å². The Morgan fingerprint density at radius 3 is 2.65 bits per heavy atom. The topological polar surface area (TPSA) is 126 Å². The number of aromatic carboxylic acids is 1. The summed E-state index contributed by atoms with van der Waals surface area (Å²) in [5.74, 6) is -2.16. The van der Waals surface area contributed by atoms with Crippen molar-refractivity contribution < 1.29 is 23.9 Å². The van der Waals surface area contributed by atoms with Crippen LogP contribution in [0.3, 0.4) is 0 Å². The van der Waals surface area contributed by atoms with E-state index in [9.17, 15) is 18.8 Å². The molecule has 3 N–H and O–H groups in total. The van der Waals surface area contributed by atoms with Crippen molar-refractivity contribution in [3.8, 4) is 0 Å². The van der Waals surface area contributed by atoms with Crippen molar-refractivity contribution in [3.05, 3.63) is 71.3 Å². The number of benzene rings is 2. The van der Waals surface area contributed by atoms with Crippen molar-refractivity contribution in [3.63, 3.8) is 0 Å². The SMILES string of the molecule is Cn1c(CNC(=O)c2ccccc2F)nnc1SCC(=O)Nc1cccc(C(=O)O)c1. The van der Waals surface area contributed by atoms with Crippen LogP contribution in [0.15, 0.2) is 53.7 Å². The Kier molecular flexibility index (Phi) is 6.98. The molecule has 2 amide bonds. The number of carbonyl (C=O) groups excluding carboxylic acids is 2. The first-order valence-corrected chi connectivity index (χ1v) is 10.0. The predicted molar refractivity (Wildman–Crippen MR) is 111 cm³/mol. The highest BCUT2D eigenvalue weighted by Gasteiger charge is 2.15. The quantitative estimate of drug-likeness (QED) is 0.456. The lowest BCUT2D eigenvalue weighted by Gasteiger charge is -2.07. The summed E-state index contributed by atoms with van der Waals surface area (Å²) in [6.07, 6.45) is 0. The molecule has 3 rings (SSSR count). The molecule has 3 aromatic rings. The number of amides is 2. The molecule has 31 heavy (non-hydrogen) atoms. The standard InChI is InChI=1S/C20H18FN5O4S/c1-26-16(10-22-18(28)14-7-2-3-8-15(14)21)24-25-20(26)31-11-17(27)23-13-6-4-5-12(9-13)19(29)30/h2-9H,10-11H2,1H3,(H,22,28)(H,23,27)(H,29,30). The minimum atomic E-state index is -1.08. The summed E-state index contributed by atoms with van der Waals surface area (Å²) in [7, 11) is 1.68. The third-order valence-electron chi connectivity index (χ3n) is 4.18. The first kappa shape index (κ1) is 22.0. The van der Waals surface area contributed by atoms with Gasteiger partial charge in [-0.3, -0.25) is 9.59 Å². The first-order valence-electron chi connectivity index (χ1n) is 9.02. The van der Waals surface area contributed by atoms with Crippen LogP contribution in [-0.2, 0) is 18.4 Å². The average molecular weight is 443 g/mol. The lowest BCUT2D eigenvalue weighted by Crippen LogP contribution is -2.25. The zero-order valence-electron chi connectivity index (χ0n) is 16.3. The number of thioether (sulfide) groups is 1. The normalized spacial score (nSPS) is 10.5. The van der Waals surface area contributed by atoms with Gasteiger partial charge in [0.2, 0.25) is 5.91 Å². The summed E-state index contributed by atoms with van der Waals surface area (Å²) >= 11 is 1.13. The van der Waals surface area contributed by atoms with Crippen molar-refractivity contribution in [2.45, 2.75) is 11.7 Å². The molecule has 11 heteroatoms. The van der Waals surface area contributed by atoms with Crippen LogP contribution in [0, 0.1) is 5.82 Å². The molecule has 0 aliphatic heterocycles. The van der Waals surface area contributed by atoms with Gasteiger partial charge in [-0.25, -0.2) is 9.18 Å². The van der Waals surface area contributed by atoms with Gasteiger partial charge in [-0.2, -0.15) is 0 Å². The van der Waals surface area contributed by atoms with Crippen LogP contribution in [0.25, 0.3) is 0 Å². The summed E-state index contributed by atoms with van der Waals surface area (Å²) in [4.78, 5) is 35.3. The maximum absolute atomic E-state index is 13.7.